The lowest BCUT2D eigenvalue weighted by Crippen LogP contribution is -2.22. The van der Waals surface area contributed by atoms with Crippen molar-refractivity contribution in [1.29, 1.82) is 0 Å². The third-order valence-electron chi connectivity index (χ3n) is 1.86. The van der Waals surface area contributed by atoms with Crippen molar-refractivity contribution in [3.8, 4) is 0 Å². The maximum Gasteiger partial charge on any atom is 0.158 e. The van der Waals surface area contributed by atoms with E-state index in [-0.39, 0.29) is 18.2 Å². The number of amidine groups is 1. The third-order valence-corrected chi connectivity index (χ3v) is 2.46. The summed E-state index contributed by atoms with van der Waals surface area (Å²) in [5.41, 5.74) is 6.77. The van der Waals surface area contributed by atoms with Crippen molar-refractivity contribution in [3.63, 3.8) is 0 Å². The van der Waals surface area contributed by atoms with Gasteiger partial charge < -0.3 is 16.3 Å². The van der Waals surface area contributed by atoms with Gasteiger partial charge in [-0.3, -0.25) is 0 Å². The highest BCUT2D eigenvalue weighted by Crippen LogP contribution is 2.23. The number of oxime groups is 1. The number of aryl methyl sites for hydroxylation is 1. The third kappa shape index (κ3) is 3.09. The van der Waals surface area contributed by atoms with Gasteiger partial charge in [-0.2, -0.15) is 0 Å². The highest BCUT2D eigenvalue weighted by Gasteiger charge is 2.05. The predicted molar refractivity (Wildman–Crippen MR) is 60.7 cm³/mol. The lowest BCUT2D eigenvalue weighted by molar-refractivity contribution is 0.317. The predicted octanol–water partition coefficient (Wildman–Crippen LogP) is 2.05. The fourth-order valence-electron chi connectivity index (χ4n) is 1.06. The van der Waals surface area contributed by atoms with Gasteiger partial charge in [0.1, 0.15) is 5.82 Å². The Morgan fingerprint density at radius 2 is 2.33 bits per heavy atom. The molecule has 0 saturated heterocycles. The van der Waals surface area contributed by atoms with E-state index in [4.69, 9.17) is 10.9 Å². The lowest BCUT2D eigenvalue weighted by atomic mass is 10.2. The number of hydrogen-bond acceptors (Lipinski definition) is 3. The minimum Gasteiger partial charge on any atom is -0.409 e. The van der Waals surface area contributed by atoms with Crippen molar-refractivity contribution in [2.75, 3.05) is 11.9 Å². The molecule has 1 rings (SSSR count). The van der Waals surface area contributed by atoms with Gasteiger partial charge in [-0.25, -0.2) is 4.39 Å². The van der Waals surface area contributed by atoms with Gasteiger partial charge in [0.25, 0.3) is 0 Å². The molecule has 4 N–H and O–H groups in total. The minimum absolute atomic E-state index is 0.0647. The van der Waals surface area contributed by atoms with Crippen LogP contribution in [0.5, 0.6) is 0 Å². The summed E-state index contributed by atoms with van der Waals surface area (Å²) in [6.45, 7) is 1.97. The Morgan fingerprint density at radius 3 is 2.93 bits per heavy atom. The first-order valence-corrected chi connectivity index (χ1v) is 5.00. The van der Waals surface area contributed by atoms with E-state index in [9.17, 15) is 4.39 Å². The first-order chi connectivity index (χ1) is 7.04. The molecule has 0 radical (unpaired) electrons. The number of nitrogens with one attached hydrogen (secondary N) is 1. The molecule has 0 aliphatic carbocycles. The number of nitrogens with zero attached hydrogens (tertiary/aromatic N) is 1. The molecule has 0 aliphatic rings. The molecule has 1 aromatic rings. The fraction of sp³-hybridized carbons (Fsp3) is 0.222. The second kappa shape index (κ2) is 4.97. The SMILES string of the molecule is Cc1cc(F)c(Br)cc1NC/C(N)=N/O. The first kappa shape index (κ1) is 11.8. The Labute approximate surface area is 95.1 Å². The second-order valence-corrected chi connectivity index (χ2v) is 3.88. The van der Waals surface area contributed by atoms with E-state index in [1.54, 1.807) is 13.0 Å². The smallest absolute Gasteiger partial charge is 0.158 e. The Morgan fingerprint density at radius 1 is 1.67 bits per heavy atom. The standard InChI is InChI=1S/C9H11BrFN3O/c1-5-2-7(11)6(10)3-8(5)13-4-9(12)14-15/h2-3,13,15H,4H2,1H3,(H2,12,14). The number of anilines is 1. The molecule has 4 nitrogen and oxygen atoms in total. The molecule has 0 heterocycles. The number of halogens is 2. The lowest BCUT2D eigenvalue weighted by Gasteiger charge is -2.09. The van der Waals surface area contributed by atoms with E-state index in [0.717, 1.165) is 11.3 Å². The summed E-state index contributed by atoms with van der Waals surface area (Å²) in [6, 6.07) is 3.01. The monoisotopic (exact) mass is 275 g/mol. The Balaban J connectivity index is 2.82. The van der Waals surface area contributed by atoms with Crippen LogP contribution in [0.4, 0.5) is 10.1 Å². The van der Waals surface area contributed by atoms with Crippen LogP contribution in [0.2, 0.25) is 0 Å². The maximum absolute atomic E-state index is 13.1. The Bertz CT molecular complexity index is 395. The molecule has 15 heavy (non-hydrogen) atoms. The molecule has 82 valence electrons. The summed E-state index contributed by atoms with van der Waals surface area (Å²) >= 11 is 3.08. The first-order valence-electron chi connectivity index (χ1n) is 4.20. The fourth-order valence-corrected chi connectivity index (χ4v) is 1.40. The van der Waals surface area contributed by atoms with Crippen LogP contribution in [-0.2, 0) is 0 Å². The molecule has 0 amide bonds. The van der Waals surface area contributed by atoms with Crippen LogP contribution in [0, 0.1) is 12.7 Å². The second-order valence-electron chi connectivity index (χ2n) is 3.03. The highest BCUT2D eigenvalue weighted by molar-refractivity contribution is 9.10. The molecule has 0 atom stereocenters. The zero-order valence-corrected chi connectivity index (χ0v) is 9.68. The summed E-state index contributed by atoms with van der Waals surface area (Å²) in [4.78, 5) is 0. The van der Waals surface area contributed by atoms with Gasteiger partial charge in [0.2, 0.25) is 0 Å². The molecule has 6 heteroatoms. The van der Waals surface area contributed by atoms with E-state index >= 15 is 0 Å². The summed E-state index contributed by atoms with van der Waals surface area (Å²) < 4.78 is 13.4. The number of rotatable bonds is 3. The largest absolute Gasteiger partial charge is 0.409 e. The number of benzene rings is 1. The van der Waals surface area contributed by atoms with Crippen LogP contribution < -0.4 is 11.1 Å². The summed E-state index contributed by atoms with van der Waals surface area (Å²) in [5.74, 6) is -0.253. The van der Waals surface area contributed by atoms with Gasteiger partial charge >= 0.3 is 0 Å². The molecule has 0 aliphatic heterocycles. The van der Waals surface area contributed by atoms with E-state index in [1.165, 1.54) is 6.07 Å². The molecule has 0 bridgehead atoms. The van der Waals surface area contributed by atoms with Crippen LogP contribution in [0.15, 0.2) is 21.8 Å². The molecule has 0 unspecified atom stereocenters. The quantitative estimate of drug-likeness (QED) is 0.342. The van der Waals surface area contributed by atoms with Crippen molar-refractivity contribution < 1.29 is 9.60 Å². The van der Waals surface area contributed by atoms with Gasteiger partial charge in [-0.15, -0.1) is 0 Å². The Kier molecular flexibility index (Phi) is 3.90. The molecular formula is C9H11BrFN3O. The van der Waals surface area contributed by atoms with E-state index in [2.05, 4.69) is 26.4 Å². The summed E-state index contributed by atoms with van der Waals surface area (Å²) in [6.07, 6.45) is 0. The molecule has 0 aromatic heterocycles. The molecule has 0 fully saturated rings. The average molecular weight is 276 g/mol. The summed E-state index contributed by atoms with van der Waals surface area (Å²) in [7, 11) is 0. The number of nitrogens with two attached hydrogens (primary N) is 1. The zero-order chi connectivity index (χ0) is 11.4. The van der Waals surface area contributed by atoms with E-state index in [0.29, 0.717) is 4.47 Å². The average Bonchev–Trinajstić information content (AvgIpc) is 2.21. The van der Waals surface area contributed by atoms with Crippen LogP contribution >= 0.6 is 15.9 Å². The number of hydrogen-bond donors (Lipinski definition) is 3. The maximum atomic E-state index is 13.1. The van der Waals surface area contributed by atoms with Crippen LogP contribution in [0.25, 0.3) is 0 Å². The zero-order valence-electron chi connectivity index (χ0n) is 8.09. The van der Waals surface area contributed by atoms with Gasteiger partial charge in [0.05, 0.1) is 11.0 Å². The van der Waals surface area contributed by atoms with Gasteiger partial charge in [0, 0.05) is 5.69 Å². The molecule has 1 aromatic carbocycles. The van der Waals surface area contributed by atoms with Crippen molar-refractivity contribution in [2.24, 2.45) is 10.9 Å². The van der Waals surface area contributed by atoms with Crippen molar-refractivity contribution in [3.05, 3.63) is 28.0 Å². The van der Waals surface area contributed by atoms with Crippen LogP contribution in [-0.4, -0.2) is 17.6 Å². The molecule has 0 spiro atoms. The highest BCUT2D eigenvalue weighted by atomic mass is 79.9. The van der Waals surface area contributed by atoms with Crippen molar-refractivity contribution >= 4 is 27.5 Å². The normalized spacial score (nSPS) is 11.5. The van der Waals surface area contributed by atoms with Gasteiger partial charge in [-0.05, 0) is 40.5 Å². The van der Waals surface area contributed by atoms with Gasteiger partial charge in [0.15, 0.2) is 5.84 Å². The minimum atomic E-state index is -0.318. The van der Waals surface area contributed by atoms with Crippen molar-refractivity contribution in [2.45, 2.75) is 6.92 Å². The topological polar surface area (TPSA) is 70.6 Å². The molecule has 0 saturated carbocycles. The Hall–Kier alpha value is -1.30. The van der Waals surface area contributed by atoms with Crippen LogP contribution in [0.3, 0.4) is 0 Å². The molecular weight excluding hydrogens is 265 g/mol. The van der Waals surface area contributed by atoms with E-state index < -0.39 is 0 Å². The van der Waals surface area contributed by atoms with Gasteiger partial charge in [-0.1, -0.05) is 5.16 Å². The summed E-state index contributed by atoms with van der Waals surface area (Å²) in [5, 5.41) is 14.1. The van der Waals surface area contributed by atoms with Crippen molar-refractivity contribution in [1.82, 2.24) is 0 Å². The van der Waals surface area contributed by atoms with E-state index in [1.807, 2.05) is 0 Å². The van der Waals surface area contributed by atoms with Crippen LogP contribution in [0.1, 0.15) is 5.56 Å².